The van der Waals surface area contributed by atoms with Crippen molar-refractivity contribution in [2.24, 2.45) is 0 Å². The van der Waals surface area contributed by atoms with Crippen LogP contribution < -0.4 is 0 Å². The molecule has 0 radical (unpaired) electrons. The van der Waals surface area contributed by atoms with Gasteiger partial charge in [0, 0.05) is 0 Å². The lowest BCUT2D eigenvalue weighted by Crippen LogP contribution is -1.95. The Bertz CT molecular complexity index is 369. The van der Waals surface area contributed by atoms with Gasteiger partial charge < -0.3 is 9.47 Å². The number of rotatable bonds is 0. The van der Waals surface area contributed by atoms with E-state index in [1.807, 2.05) is 0 Å². The minimum absolute atomic E-state index is 0.779. The summed E-state index contributed by atoms with van der Waals surface area (Å²) < 4.78 is 10.9. The van der Waals surface area contributed by atoms with Crippen LogP contribution in [0.15, 0.2) is 6.07 Å². The molecule has 0 aromatic heterocycles. The molecule has 2 aliphatic rings. The molecule has 0 fully saturated rings. The van der Waals surface area contributed by atoms with E-state index in [-0.39, 0.29) is 0 Å². The van der Waals surface area contributed by atoms with Crippen molar-refractivity contribution in [3.05, 3.63) is 33.9 Å². The van der Waals surface area contributed by atoms with Gasteiger partial charge in [0.15, 0.2) is 0 Å². The van der Waals surface area contributed by atoms with Gasteiger partial charge in [-0.1, -0.05) is 6.07 Å². The average molecular weight is 176 g/mol. The van der Waals surface area contributed by atoms with Crippen LogP contribution in [0.3, 0.4) is 0 Å². The summed E-state index contributed by atoms with van der Waals surface area (Å²) in [5, 5.41) is 0. The minimum atomic E-state index is 0.779. The Kier molecular flexibility index (Phi) is 1.49. The third kappa shape index (κ3) is 0.960. The van der Waals surface area contributed by atoms with Gasteiger partial charge in [-0.05, 0) is 34.7 Å². The highest BCUT2D eigenvalue weighted by molar-refractivity contribution is 5.47. The Morgan fingerprint density at radius 3 is 2.54 bits per heavy atom. The highest BCUT2D eigenvalue weighted by Gasteiger charge is 2.23. The molecule has 3 rings (SSSR count). The fourth-order valence-electron chi connectivity index (χ4n) is 2.25. The van der Waals surface area contributed by atoms with Crippen molar-refractivity contribution in [3.8, 4) is 0 Å². The predicted octanol–water partition coefficient (Wildman–Crippen LogP) is 2.06. The largest absolute Gasteiger partial charge is 0.372 e. The van der Waals surface area contributed by atoms with E-state index in [0.29, 0.717) is 0 Å². The molecule has 0 atom stereocenters. The Morgan fingerprint density at radius 1 is 0.923 bits per heavy atom. The van der Waals surface area contributed by atoms with E-state index in [1.54, 1.807) is 0 Å². The van der Waals surface area contributed by atoms with Crippen LogP contribution in [0.2, 0.25) is 0 Å². The van der Waals surface area contributed by atoms with Gasteiger partial charge in [0.05, 0.1) is 26.4 Å². The van der Waals surface area contributed by atoms with Gasteiger partial charge in [0.25, 0.3) is 0 Å². The summed E-state index contributed by atoms with van der Waals surface area (Å²) in [6, 6.07) is 2.25. The van der Waals surface area contributed by atoms with E-state index in [4.69, 9.17) is 9.47 Å². The van der Waals surface area contributed by atoms with Crippen LogP contribution in [-0.4, -0.2) is 0 Å². The third-order valence-corrected chi connectivity index (χ3v) is 2.98. The average Bonchev–Trinajstić information content (AvgIpc) is 2.66. The second-order valence-electron chi connectivity index (χ2n) is 3.77. The maximum atomic E-state index is 5.47. The summed E-state index contributed by atoms with van der Waals surface area (Å²) in [5.74, 6) is 0. The lowest BCUT2D eigenvalue weighted by molar-refractivity contribution is 0.126. The molecule has 0 saturated carbocycles. The van der Waals surface area contributed by atoms with Gasteiger partial charge in [0.2, 0.25) is 0 Å². The van der Waals surface area contributed by atoms with Crippen molar-refractivity contribution in [2.45, 2.75) is 33.4 Å². The first-order valence-electron chi connectivity index (χ1n) is 4.65. The highest BCUT2D eigenvalue weighted by Crippen LogP contribution is 2.33. The second kappa shape index (κ2) is 2.56. The summed E-state index contributed by atoms with van der Waals surface area (Å²) in [7, 11) is 0. The van der Waals surface area contributed by atoms with Crippen molar-refractivity contribution in [2.75, 3.05) is 0 Å². The molecular weight excluding hydrogens is 164 g/mol. The van der Waals surface area contributed by atoms with E-state index in [1.165, 1.54) is 27.8 Å². The van der Waals surface area contributed by atoms with Crippen molar-refractivity contribution in [1.29, 1.82) is 0 Å². The standard InChI is InChI=1S/C11H12O2/c1-7-2-8-3-12-5-10(8)11-6-13-4-9(7)11/h2H,3-6H2,1H3. The molecule has 1 aromatic carbocycles. The van der Waals surface area contributed by atoms with Crippen molar-refractivity contribution in [1.82, 2.24) is 0 Å². The lowest BCUT2D eigenvalue weighted by Gasteiger charge is -2.07. The Labute approximate surface area is 77.5 Å². The molecule has 13 heavy (non-hydrogen) atoms. The van der Waals surface area contributed by atoms with Gasteiger partial charge in [-0.2, -0.15) is 0 Å². The van der Waals surface area contributed by atoms with Gasteiger partial charge in [-0.15, -0.1) is 0 Å². The molecule has 2 heterocycles. The molecule has 0 aliphatic carbocycles. The molecule has 2 nitrogen and oxygen atoms in total. The molecule has 0 spiro atoms. The zero-order valence-electron chi connectivity index (χ0n) is 7.72. The summed E-state index contributed by atoms with van der Waals surface area (Å²) in [4.78, 5) is 0. The summed E-state index contributed by atoms with van der Waals surface area (Å²) in [6.07, 6.45) is 0. The van der Waals surface area contributed by atoms with Crippen LogP contribution in [0.25, 0.3) is 0 Å². The maximum Gasteiger partial charge on any atom is 0.0728 e. The third-order valence-electron chi connectivity index (χ3n) is 2.98. The maximum absolute atomic E-state index is 5.47. The van der Waals surface area contributed by atoms with E-state index in [2.05, 4.69) is 13.0 Å². The van der Waals surface area contributed by atoms with Crippen LogP contribution in [0, 0.1) is 6.92 Å². The van der Waals surface area contributed by atoms with Crippen LogP contribution in [-0.2, 0) is 35.9 Å². The fourth-order valence-corrected chi connectivity index (χ4v) is 2.25. The smallest absolute Gasteiger partial charge is 0.0728 e. The Balaban J connectivity index is 2.28. The number of fused-ring (bicyclic) bond motifs is 3. The van der Waals surface area contributed by atoms with Crippen LogP contribution >= 0.6 is 0 Å². The molecule has 0 bridgehead atoms. The molecule has 0 N–H and O–H groups in total. The van der Waals surface area contributed by atoms with E-state index in [9.17, 15) is 0 Å². The molecular formula is C11H12O2. The topological polar surface area (TPSA) is 18.5 Å². The van der Waals surface area contributed by atoms with E-state index < -0.39 is 0 Å². The number of hydrogen-bond donors (Lipinski definition) is 0. The SMILES string of the molecule is Cc1cc2c(c3c1COC3)COC2. The number of hydrogen-bond acceptors (Lipinski definition) is 2. The van der Waals surface area contributed by atoms with Gasteiger partial charge in [-0.25, -0.2) is 0 Å². The molecule has 2 heteroatoms. The van der Waals surface area contributed by atoms with Gasteiger partial charge in [-0.3, -0.25) is 0 Å². The van der Waals surface area contributed by atoms with Crippen LogP contribution in [0.5, 0.6) is 0 Å². The van der Waals surface area contributed by atoms with Gasteiger partial charge >= 0.3 is 0 Å². The number of benzene rings is 1. The normalized spacial score (nSPS) is 18.8. The number of aryl methyl sites for hydroxylation is 1. The van der Waals surface area contributed by atoms with Crippen LogP contribution in [0.4, 0.5) is 0 Å². The molecule has 0 unspecified atom stereocenters. The van der Waals surface area contributed by atoms with Crippen LogP contribution in [0.1, 0.15) is 27.8 Å². The zero-order valence-corrected chi connectivity index (χ0v) is 7.72. The zero-order chi connectivity index (χ0) is 8.84. The van der Waals surface area contributed by atoms with Crippen molar-refractivity contribution in [3.63, 3.8) is 0 Å². The molecule has 2 aliphatic heterocycles. The van der Waals surface area contributed by atoms with Crippen molar-refractivity contribution >= 4 is 0 Å². The Morgan fingerprint density at radius 2 is 1.62 bits per heavy atom. The number of ether oxygens (including phenoxy) is 2. The van der Waals surface area contributed by atoms with E-state index in [0.717, 1.165) is 26.4 Å². The lowest BCUT2D eigenvalue weighted by atomic mass is 9.96. The predicted molar refractivity (Wildman–Crippen MR) is 48.2 cm³/mol. The quantitative estimate of drug-likeness (QED) is 0.602. The first kappa shape index (κ1) is 7.54. The first-order valence-corrected chi connectivity index (χ1v) is 4.65. The minimum Gasteiger partial charge on any atom is -0.372 e. The van der Waals surface area contributed by atoms with Crippen molar-refractivity contribution < 1.29 is 9.47 Å². The summed E-state index contributed by atoms with van der Waals surface area (Å²) in [6.45, 7) is 5.29. The van der Waals surface area contributed by atoms with E-state index >= 15 is 0 Å². The molecule has 0 amide bonds. The highest BCUT2D eigenvalue weighted by atomic mass is 16.5. The first-order chi connectivity index (χ1) is 6.36. The second-order valence-corrected chi connectivity index (χ2v) is 3.77. The van der Waals surface area contributed by atoms with Gasteiger partial charge in [0.1, 0.15) is 0 Å². The summed E-state index contributed by atoms with van der Waals surface area (Å²) >= 11 is 0. The molecule has 0 saturated heterocycles. The Hall–Kier alpha value is -0.860. The fraction of sp³-hybridized carbons (Fsp3) is 0.455. The molecule has 68 valence electrons. The summed E-state index contributed by atoms with van der Waals surface area (Å²) in [5.41, 5.74) is 6.90. The molecule has 1 aromatic rings. The monoisotopic (exact) mass is 176 g/mol.